The van der Waals surface area contributed by atoms with Crippen LogP contribution in [0.1, 0.15) is 44.2 Å². The molecule has 1 aromatic carbocycles. The Bertz CT molecular complexity index is 543. The van der Waals surface area contributed by atoms with E-state index in [4.69, 9.17) is 9.73 Å². The molecule has 1 saturated carbocycles. The Kier molecular flexibility index (Phi) is 9.50. The standard InChI is InChI=1S/C21H36N4O/c1-4-22-21(23-12-7-13-26-17-18-10-11-18)24-15-19-8-6-9-20(14-19)16-25(3)5-2/h6,8-9,14,18H,4-5,7,10-13,15-17H2,1-3H3,(H2,22,23,24). The van der Waals surface area contributed by atoms with E-state index in [-0.39, 0.29) is 0 Å². The van der Waals surface area contributed by atoms with E-state index < -0.39 is 0 Å². The summed E-state index contributed by atoms with van der Waals surface area (Å²) in [4.78, 5) is 7.03. The highest BCUT2D eigenvalue weighted by molar-refractivity contribution is 5.79. The maximum absolute atomic E-state index is 5.68. The van der Waals surface area contributed by atoms with Crippen molar-refractivity contribution in [2.75, 3.05) is 39.9 Å². The van der Waals surface area contributed by atoms with Crippen LogP contribution in [0.15, 0.2) is 29.3 Å². The van der Waals surface area contributed by atoms with Gasteiger partial charge in [-0.15, -0.1) is 0 Å². The third-order valence-corrected chi connectivity index (χ3v) is 4.56. The molecule has 0 radical (unpaired) electrons. The minimum atomic E-state index is 0.692. The van der Waals surface area contributed by atoms with E-state index in [1.807, 2.05) is 0 Å². The second kappa shape index (κ2) is 11.9. The van der Waals surface area contributed by atoms with Crippen LogP contribution in [0.25, 0.3) is 0 Å². The van der Waals surface area contributed by atoms with Crippen LogP contribution in [0, 0.1) is 5.92 Å². The first-order chi connectivity index (χ1) is 12.7. The molecule has 0 aromatic heterocycles. The Morgan fingerprint density at radius 1 is 1.23 bits per heavy atom. The molecule has 5 heteroatoms. The van der Waals surface area contributed by atoms with Crippen molar-refractivity contribution in [3.05, 3.63) is 35.4 Å². The fraction of sp³-hybridized carbons (Fsp3) is 0.667. The van der Waals surface area contributed by atoms with Gasteiger partial charge in [0, 0.05) is 32.8 Å². The first-order valence-electron chi connectivity index (χ1n) is 10.1. The van der Waals surface area contributed by atoms with E-state index in [1.165, 1.54) is 24.0 Å². The van der Waals surface area contributed by atoms with Crippen LogP contribution in [0.4, 0.5) is 0 Å². The highest BCUT2D eigenvalue weighted by Crippen LogP contribution is 2.28. The number of benzene rings is 1. The van der Waals surface area contributed by atoms with Gasteiger partial charge in [0.1, 0.15) is 0 Å². The molecule has 1 fully saturated rings. The van der Waals surface area contributed by atoms with Crippen molar-refractivity contribution in [3.8, 4) is 0 Å². The van der Waals surface area contributed by atoms with Gasteiger partial charge in [0.2, 0.25) is 0 Å². The van der Waals surface area contributed by atoms with E-state index in [0.717, 1.165) is 57.7 Å². The van der Waals surface area contributed by atoms with E-state index in [2.05, 4.69) is 60.7 Å². The molecule has 5 nitrogen and oxygen atoms in total. The number of hydrogen-bond acceptors (Lipinski definition) is 3. The number of aliphatic imine (C=N–C) groups is 1. The molecule has 0 aliphatic heterocycles. The zero-order valence-corrected chi connectivity index (χ0v) is 16.8. The normalized spacial score (nSPS) is 14.7. The van der Waals surface area contributed by atoms with Crippen molar-refractivity contribution >= 4 is 5.96 Å². The van der Waals surface area contributed by atoms with Gasteiger partial charge in [-0.05, 0) is 56.8 Å². The molecular weight excluding hydrogens is 324 g/mol. The number of rotatable bonds is 12. The van der Waals surface area contributed by atoms with Gasteiger partial charge in [0.25, 0.3) is 0 Å². The summed E-state index contributed by atoms with van der Waals surface area (Å²) in [6.45, 7) is 10.5. The minimum Gasteiger partial charge on any atom is -0.381 e. The number of nitrogens with zero attached hydrogens (tertiary/aromatic N) is 2. The van der Waals surface area contributed by atoms with Crippen molar-refractivity contribution in [1.29, 1.82) is 0 Å². The SMILES string of the molecule is CCNC(=NCc1cccc(CN(C)CC)c1)NCCCOCC1CC1. The molecule has 0 unspecified atom stereocenters. The molecule has 0 saturated heterocycles. The molecule has 1 aliphatic rings. The summed E-state index contributed by atoms with van der Waals surface area (Å²) in [6, 6.07) is 8.71. The predicted molar refractivity (Wildman–Crippen MR) is 109 cm³/mol. The molecule has 1 aromatic rings. The van der Waals surface area contributed by atoms with Crippen molar-refractivity contribution < 1.29 is 4.74 Å². The van der Waals surface area contributed by atoms with Gasteiger partial charge in [-0.1, -0.05) is 31.2 Å². The number of hydrogen-bond donors (Lipinski definition) is 2. The van der Waals surface area contributed by atoms with Gasteiger partial charge in [-0.3, -0.25) is 0 Å². The summed E-state index contributed by atoms with van der Waals surface area (Å²) in [7, 11) is 2.15. The Labute approximate surface area is 159 Å². The average molecular weight is 361 g/mol. The van der Waals surface area contributed by atoms with Crippen molar-refractivity contribution in [1.82, 2.24) is 15.5 Å². The summed E-state index contributed by atoms with van der Waals surface area (Å²) in [5.74, 6) is 1.72. The predicted octanol–water partition coefficient (Wildman–Crippen LogP) is 3.01. The molecule has 0 amide bonds. The lowest BCUT2D eigenvalue weighted by Crippen LogP contribution is -2.38. The third kappa shape index (κ3) is 8.68. The van der Waals surface area contributed by atoms with Gasteiger partial charge in [0.15, 0.2) is 5.96 Å². The molecule has 0 bridgehead atoms. The smallest absolute Gasteiger partial charge is 0.191 e. The maximum Gasteiger partial charge on any atom is 0.191 e. The fourth-order valence-electron chi connectivity index (χ4n) is 2.68. The van der Waals surface area contributed by atoms with E-state index >= 15 is 0 Å². The van der Waals surface area contributed by atoms with Gasteiger partial charge >= 0.3 is 0 Å². The second-order valence-corrected chi connectivity index (χ2v) is 7.14. The second-order valence-electron chi connectivity index (χ2n) is 7.14. The fourth-order valence-corrected chi connectivity index (χ4v) is 2.68. The molecule has 0 atom stereocenters. The number of nitrogens with one attached hydrogen (secondary N) is 2. The molecule has 2 rings (SSSR count). The van der Waals surface area contributed by atoms with E-state index in [9.17, 15) is 0 Å². The van der Waals surface area contributed by atoms with Crippen LogP contribution in [-0.4, -0.2) is 50.8 Å². The van der Waals surface area contributed by atoms with Crippen LogP contribution in [0.3, 0.4) is 0 Å². The third-order valence-electron chi connectivity index (χ3n) is 4.56. The minimum absolute atomic E-state index is 0.692. The van der Waals surface area contributed by atoms with Crippen LogP contribution < -0.4 is 10.6 Å². The summed E-state index contributed by atoms with van der Waals surface area (Å²) >= 11 is 0. The van der Waals surface area contributed by atoms with Gasteiger partial charge in [-0.25, -0.2) is 4.99 Å². The molecule has 0 heterocycles. The molecule has 26 heavy (non-hydrogen) atoms. The summed E-state index contributed by atoms with van der Waals surface area (Å²) in [5, 5.41) is 6.72. The van der Waals surface area contributed by atoms with Gasteiger partial charge < -0.3 is 20.3 Å². The zero-order chi connectivity index (χ0) is 18.6. The van der Waals surface area contributed by atoms with Crippen LogP contribution >= 0.6 is 0 Å². The largest absolute Gasteiger partial charge is 0.381 e. The number of guanidine groups is 1. The van der Waals surface area contributed by atoms with Crippen LogP contribution in [0.2, 0.25) is 0 Å². The highest BCUT2D eigenvalue weighted by Gasteiger charge is 2.20. The van der Waals surface area contributed by atoms with Gasteiger partial charge in [0.05, 0.1) is 6.54 Å². The molecule has 0 spiro atoms. The average Bonchev–Trinajstić information content (AvgIpc) is 3.47. The maximum atomic E-state index is 5.68. The van der Waals surface area contributed by atoms with Crippen LogP contribution in [0.5, 0.6) is 0 Å². The summed E-state index contributed by atoms with van der Waals surface area (Å²) in [5.41, 5.74) is 2.59. The van der Waals surface area contributed by atoms with Crippen molar-refractivity contribution in [2.45, 2.75) is 46.2 Å². The Balaban J connectivity index is 1.74. The number of ether oxygens (including phenoxy) is 1. The topological polar surface area (TPSA) is 48.9 Å². The summed E-state index contributed by atoms with van der Waals surface area (Å²) < 4.78 is 5.68. The quantitative estimate of drug-likeness (QED) is 0.342. The zero-order valence-electron chi connectivity index (χ0n) is 16.8. The molecular formula is C21H36N4O. The van der Waals surface area contributed by atoms with Gasteiger partial charge in [-0.2, -0.15) is 0 Å². The first-order valence-corrected chi connectivity index (χ1v) is 10.1. The molecule has 146 valence electrons. The van der Waals surface area contributed by atoms with Crippen molar-refractivity contribution in [2.24, 2.45) is 10.9 Å². The molecule has 1 aliphatic carbocycles. The summed E-state index contributed by atoms with van der Waals surface area (Å²) in [6.07, 6.45) is 3.72. The lowest BCUT2D eigenvalue weighted by molar-refractivity contribution is 0.123. The van der Waals surface area contributed by atoms with Crippen molar-refractivity contribution in [3.63, 3.8) is 0 Å². The molecule has 2 N–H and O–H groups in total. The van der Waals surface area contributed by atoms with E-state index in [1.54, 1.807) is 0 Å². The monoisotopic (exact) mass is 360 g/mol. The van der Waals surface area contributed by atoms with Crippen LogP contribution in [-0.2, 0) is 17.8 Å². The Morgan fingerprint density at radius 3 is 2.77 bits per heavy atom. The highest BCUT2D eigenvalue weighted by atomic mass is 16.5. The lowest BCUT2D eigenvalue weighted by atomic mass is 10.1. The Morgan fingerprint density at radius 2 is 2.04 bits per heavy atom. The van der Waals surface area contributed by atoms with E-state index in [0.29, 0.717) is 6.54 Å². The first kappa shape index (κ1) is 20.7. The lowest BCUT2D eigenvalue weighted by Gasteiger charge is -2.14. The Hall–Kier alpha value is -1.59.